The van der Waals surface area contributed by atoms with Crippen molar-refractivity contribution in [2.24, 2.45) is 17.8 Å². The molecular formula is C23H29N3O4. The second-order valence-corrected chi connectivity index (χ2v) is 8.63. The monoisotopic (exact) mass is 411 g/mol. The number of nitrogens with one attached hydrogen (secondary N) is 2. The van der Waals surface area contributed by atoms with Crippen LogP contribution in [0.25, 0.3) is 0 Å². The summed E-state index contributed by atoms with van der Waals surface area (Å²) >= 11 is 0. The van der Waals surface area contributed by atoms with Crippen LogP contribution in [-0.4, -0.2) is 29.0 Å². The number of H-pyrrole nitrogens is 1. The lowest BCUT2D eigenvalue weighted by molar-refractivity contribution is -0.123. The lowest BCUT2D eigenvalue weighted by Crippen LogP contribution is -2.37. The number of aromatic amines is 1. The normalized spacial score (nSPS) is 22.9. The van der Waals surface area contributed by atoms with Crippen molar-refractivity contribution in [3.8, 4) is 17.5 Å². The summed E-state index contributed by atoms with van der Waals surface area (Å²) in [4.78, 5) is 30.3. The molecule has 0 spiro atoms. The Morgan fingerprint density at radius 2 is 1.90 bits per heavy atom. The molecule has 2 aromatic rings. The van der Waals surface area contributed by atoms with Gasteiger partial charge in [0.1, 0.15) is 5.75 Å². The first-order valence-corrected chi connectivity index (χ1v) is 10.8. The van der Waals surface area contributed by atoms with E-state index in [4.69, 9.17) is 9.47 Å². The molecule has 160 valence electrons. The zero-order valence-corrected chi connectivity index (χ0v) is 17.4. The average molecular weight is 412 g/mol. The highest BCUT2D eigenvalue weighted by atomic mass is 16.5. The van der Waals surface area contributed by atoms with Gasteiger partial charge in [-0.25, -0.2) is 4.79 Å². The number of ether oxygens (including phenoxy) is 2. The molecule has 2 atom stereocenters. The first-order chi connectivity index (χ1) is 14.5. The first-order valence-electron chi connectivity index (χ1n) is 10.8. The average Bonchev–Trinajstić information content (AvgIpc) is 2.72. The van der Waals surface area contributed by atoms with Crippen molar-refractivity contribution >= 4 is 5.91 Å². The molecule has 2 aliphatic carbocycles. The van der Waals surface area contributed by atoms with Crippen LogP contribution in [0.15, 0.2) is 35.1 Å². The summed E-state index contributed by atoms with van der Waals surface area (Å²) in [7, 11) is 0. The van der Waals surface area contributed by atoms with E-state index < -0.39 is 5.69 Å². The maximum absolute atomic E-state index is 12.2. The summed E-state index contributed by atoms with van der Waals surface area (Å²) in [5.74, 6) is 2.89. The molecule has 4 rings (SSSR count). The van der Waals surface area contributed by atoms with Gasteiger partial charge in [-0.1, -0.05) is 37.0 Å². The van der Waals surface area contributed by atoms with Crippen molar-refractivity contribution in [3.63, 3.8) is 0 Å². The zero-order valence-electron chi connectivity index (χ0n) is 17.4. The van der Waals surface area contributed by atoms with Gasteiger partial charge in [-0.2, -0.15) is 4.98 Å². The molecule has 7 heteroatoms. The van der Waals surface area contributed by atoms with E-state index in [0.29, 0.717) is 18.2 Å². The van der Waals surface area contributed by atoms with Crippen LogP contribution in [0.4, 0.5) is 0 Å². The highest BCUT2D eigenvalue weighted by Crippen LogP contribution is 2.42. The summed E-state index contributed by atoms with van der Waals surface area (Å²) in [6, 6.07) is 8.91. The van der Waals surface area contributed by atoms with Crippen molar-refractivity contribution < 1.29 is 14.3 Å². The first kappa shape index (κ1) is 20.4. The number of hydrogen-bond acceptors (Lipinski definition) is 5. The minimum atomic E-state index is -0.594. The SMILES string of the molecule is Cc1ccc(Oc2cc(OCC(=O)NCC3CC4CCCC(C4)C3)nc(=O)[nH]2)cc1. The third-order valence-electron chi connectivity index (χ3n) is 6.11. The van der Waals surface area contributed by atoms with E-state index in [0.717, 1.165) is 17.4 Å². The second kappa shape index (κ2) is 9.32. The Kier molecular flexibility index (Phi) is 6.35. The Bertz CT molecular complexity index is 913. The lowest BCUT2D eigenvalue weighted by atomic mass is 9.68. The van der Waals surface area contributed by atoms with E-state index in [1.165, 1.54) is 44.6 Å². The molecule has 1 amide bonds. The minimum Gasteiger partial charge on any atom is -0.467 e. The smallest absolute Gasteiger partial charge is 0.351 e. The van der Waals surface area contributed by atoms with Gasteiger partial charge in [-0.05, 0) is 56.1 Å². The highest BCUT2D eigenvalue weighted by Gasteiger charge is 2.31. The Morgan fingerprint density at radius 3 is 2.63 bits per heavy atom. The molecule has 2 aliphatic rings. The molecule has 2 unspecified atom stereocenters. The third-order valence-corrected chi connectivity index (χ3v) is 6.11. The van der Waals surface area contributed by atoms with Crippen molar-refractivity contribution in [1.29, 1.82) is 0 Å². The Hall–Kier alpha value is -2.83. The minimum absolute atomic E-state index is 0.0585. The molecule has 2 saturated carbocycles. The maximum Gasteiger partial charge on any atom is 0.351 e. The zero-order chi connectivity index (χ0) is 20.9. The van der Waals surface area contributed by atoms with Crippen LogP contribution in [0.2, 0.25) is 0 Å². The van der Waals surface area contributed by atoms with Crippen molar-refractivity contribution in [2.45, 2.75) is 45.4 Å². The molecule has 0 saturated heterocycles. The van der Waals surface area contributed by atoms with Gasteiger partial charge in [0.15, 0.2) is 6.61 Å². The summed E-state index contributed by atoms with van der Waals surface area (Å²) in [5, 5.41) is 2.98. The van der Waals surface area contributed by atoms with Crippen molar-refractivity contribution in [3.05, 3.63) is 46.4 Å². The highest BCUT2D eigenvalue weighted by molar-refractivity contribution is 5.77. The molecule has 1 aromatic heterocycles. The predicted octanol–water partition coefficient (Wildman–Crippen LogP) is 3.58. The maximum atomic E-state index is 12.2. The van der Waals surface area contributed by atoms with Crippen molar-refractivity contribution in [1.82, 2.24) is 15.3 Å². The van der Waals surface area contributed by atoms with E-state index >= 15 is 0 Å². The van der Waals surface area contributed by atoms with Crippen LogP contribution in [0, 0.1) is 24.7 Å². The van der Waals surface area contributed by atoms with Crippen LogP contribution in [-0.2, 0) is 4.79 Å². The van der Waals surface area contributed by atoms with Crippen LogP contribution in [0.3, 0.4) is 0 Å². The number of nitrogens with zero attached hydrogens (tertiary/aromatic N) is 1. The van der Waals surface area contributed by atoms with Gasteiger partial charge in [0.2, 0.25) is 11.8 Å². The van der Waals surface area contributed by atoms with Crippen LogP contribution >= 0.6 is 0 Å². The molecule has 0 radical (unpaired) electrons. The number of aryl methyl sites for hydroxylation is 1. The van der Waals surface area contributed by atoms with Gasteiger partial charge < -0.3 is 14.8 Å². The summed E-state index contributed by atoms with van der Waals surface area (Å²) in [5.41, 5.74) is 0.515. The van der Waals surface area contributed by atoms with E-state index in [1.807, 2.05) is 31.2 Å². The fourth-order valence-corrected chi connectivity index (χ4v) is 4.76. The number of benzene rings is 1. The quantitative estimate of drug-likeness (QED) is 0.726. The van der Waals surface area contributed by atoms with Gasteiger partial charge in [-0.15, -0.1) is 0 Å². The fraction of sp³-hybridized carbons (Fsp3) is 0.522. The second-order valence-electron chi connectivity index (χ2n) is 8.63. The fourth-order valence-electron chi connectivity index (χ4n) is 4.76. The number of amides is 1. The molecule has 1 heterocycles. The topological polar surface area (TPSA) is 93.3 Å². The summed E-state index contributed by atoms with van der Waals surface area (Å²) < 4.78 is 11.1. The lowest BCUT2D eigenvalue weighted by Gasteiger charge is -2.39. The number of rotatable bonds is 7. The summed E-state index contributed by atoms with van der Waals surface area (Å²) in [6.07, 6.45) is 7.84. The molecule has 2 fully saturated rings. The van der Waals surface area contributed by atoms with E-state index in [9.17, 15) is 9.59 Å². The predicted molar refractivity (Wildman–Crippen MR) is 113 cm³/mol. The summed E-state index contributed by atoms with van der Waals surface area (Å²) in [6.45, 7) is 2.49. The molecule has 0 aliphatic heterocycles. The number of hydrogen-bond donors (Lipinski definition) is 2. The molecule has 30 heavy (non-hydrogen) atoms. The van der Waals surface area contributed by atoms with Crippen LogP contribution < -0.4 is 20.5 Å². The molecule has 2 bridgehead atoms. The Labute approximate surface area is 176 Å². The van der Waals surface area contributed by atoms with Crippen LogP contribution in [0.1, 0.15) is 44.1 Å². The van der Waals surface area contributed by atoms with E-state index in [2.05, 4.69) is 15.3 Å². The van der Waals surface area contributed by atoms with Gasteiger partial charge in [0, 0.05) is 6.54 Å². The largest absolute Gasteiger partial charge is 0.467 e. The van der Waals surface area contributed by atoms with Crippen molar-refractivity contribution in [2.75, 3.05) is 13.2 Å². The van der Waals surface area contributed by atoms with Gasteiger partial charge in [-0.3, -0.25) is 9.78 Å². The molecule has 7 nitrogen and oxygen atoms in total. The number of aromatic nitrogens is 2. The molecule has 1 aromatic carbocycles. The van der Waals surface area contributed by atoms with Gasteiger partial charge in [0.25, 0.3) is 5.91 Å². The molecular weight excluding hydrogens is 382 g/mol. The van der Waals surface area contributed by atoms with Gasteiger partial charge in [0.05, 0.1) is 6.07 Å². The number of fused-ring (bicyclic) bond motifs is 2. The number of carbonyl (C=O) groups is 1. The number of carbonyl (C=O) groups excluding carboxylic acids is 1. The Balaban J connectivity index is 1.26. The van der Waals surface area contributed by atoms with Crippen LogP contribution in [0.5, 0.6) is 17.5 Å². The van der Waals surface area contributed by atoms with E-state index in [-0.39, 0.29) is 24.3 Å². The van der Waals surface area contributed by atoms with E-state index in [1.54, 1.807) is 0 Å². The third kappa shape index (κ3) is 5.62. The van der Waals surface area contributed by atoms with Gasteiger partial charge >= 0.3 is 5.69 Å². The molecule has 2 N–H and O–H groups in total. The Morgan fingerprint density at radius 1 is 1.17 bits per heavy atom. The standard InChI is InChI=1S/C23H29N3O4/c1-15-5-7-19(8-6-15)30-22-12-21(25-23(28)26-22)29-14-20(27)24-13-18-10-16-3-2-4-17(9-16)11-18/h5-8,12,16-18H,2-4,9-11,13-14H2,1H3,(H,24,27)(H,25,26,28).